The fourth-order valence-electron chi connectivity index (χ4n) is 4.91. The van der Waals surface area contributed by atoms with E-state index in [0.29, 0.717) is 14.4 Å². The van der Waals surface area contributed by atoms with Crippen molar-refractivity contribution in [3.8, 4) is 5.75 Å². The van der Waals surface area contributed by atoms with Crippen LogP contribution in [0.5, 0.6) is 5.75 Å². The number of nitro benzene ring substituents is 1. The van der Waals surface area contributed by atoms with E-state index in [-0.39, 0.29) is 22.6 Å². The fourth-order valence-corrected chi connectivity index (χ4v) is 6.14. The van der Waals surface area contributed by atoms with Crippen LogP contribution < -0.4 is 14.9 Å². The van der Waals surface area contributed by atoms with Gasteiger partial charge in [0, 0.05) is 28.3 Å². The molecule has 0 saturated heterocycles. The number of aryl methyl sites for hydroxylation is 1. The maximum Gasteiger partial charge on any atom is 0.271 e. The lowest BCUT2D eigenvalue weighted by Gasteiger charge is -2.31. The number of benzene rings is 3. The molecule has 178 valence electrons. The second kappa shape index (κ2) is 8.58. The average Bonchev–Trinajstić information content (AvgIpc) is 3.19. The van der Waals surface area contributed by atoms with E-state index >= 15 is 0 Å². The number of hydrogen-bond donors (Lipinski definition) is 1. The van der Waals surface area contributed by atoms with Gasteiger partial charge in [0.05, 0.1) is 21.2 Å². The summed E-state index contributed by atoms with van der Waals surface area (Å²) in [5, 5.41) is 22.1. The third-order valence-corrected chi connectivity index (χ3v) is 7.91. The quantitative estimate of drug-likeness (QED) is 0.319. The van der Waals surface area contributed by atoms with Crippen LogP contribution in [0.1, 0.15) is 34.7 Å². The number of halogens is 1. The molecule has 4 aromatic rings. The SMILES string of the molecule is O=c1/c(=C\c2cc([N+](=O)[O-])ccc2O)sc2n1[C@@H](c1ccccc1Cl)C1=C(N=2)c2ccccc2CC1. The zero-order chi connectivity index (χ0) is 25.0. The molecule has 0 amide bonds. The highest BCUT2D eigenvalue weighted by Gasteiger charge is 2.33. The van der Waals surface area contributed by atoms with Gasteiger partial charge in [0.15, 0.2) is 4.80 Å². The molecular weight excluding hydrogens is 498 g/mol. The molecule has 1 N–H and O–H groups in total. The first-order valence-electron chi connectivity index (χ1n) is 11.3. The Hall–Kier alpha value is -4.01. The van der Waals surface area contributed by atoms with E-state index in [2.05, 4.69) is 6.07 Å². The molecule has 9 heteroatoms. The third-order valence-electron chi connectivity index (χ3n) is 6.58. The zero-order valence-corrected chi connectivity index (χ0v) is 20.3. The van der Waals surface area contributed by atoms with Gasteiger partial charge < -0.3 is 5.11 Å². The zero-order valence-electron chi connectivity index (χ0n) is 18.7. The molecule has 0 saturated carbocycles. The first kappa shape index (κ1) is 22.5. The van der Waals surface area contributed by atoms with Crippen LogP contribution in [0.3, 0.4) is 0 Å². The molecule has 0 fully saturated rings. The monoisotopic (exact) mass is 515 g/mol. The molecular formula is C27H18ClN3O4S. The van der Waals surface area contributed by atoms with E-state index in [4.69, 9.17) is 16.6 Å². The number of aromatic nitrogens is 1. The van der Waals surface area contributed by atoms with Crippen molar-refractivity contribution < 1.29 is 10.0 Å². The number of nitrogens with zero attached hydrogens (tertiary/aromatic N) is 3. The van der Waals surface area contributed by atoms with Gasteiger partial charge >= 0.3 is 0 Å². The predicted octanol–water partition coefficient (Wildman–Crippen LogP) is 4.59. The smallest absolute Gasteiger partial charge is 0.271 e. The molecule has 0 radical (unpaired) electrons. The van der Waals surface area contributed by atoms with Crippen molar-refractivity contribution in [2.45, 2.75) is 18.9 Å². The van der Waals surface area contributed by atoms with Crippen LogP contribution in [-0.2, 0) is 6.42 Å². The van der Waals surface area contributed by atoms with Crippen molar-refractivity contribution in [3.63, 3.8) is 0 Å². The highest BCUT2D eigenvalue weighted by atomic mass is 35.5. The lowest BCUT2D eigenvalue weighted by molar-refractivity contribution is -0.384. The number of phenolic OH excluding ortho intramolecular Hbond substituents is 1. The van der Waals surface area contributed by atoms with Crippen LogP contribution in [0.2, 0.25) is 5.02 Å². The summed E-state index contributed by atoms with van der Waals surface area (Å²) in [5.74, 6) is -0.151. The number of phenols is 1. The van der Waals surface area contributed by atoms with E-state index in [1.165, 1.54) is 41.2 Å². The van der Waals surface area contributed by atoms with Gasteiger partial charge in [-0.3, -0.25) is 19.5 Å². The largest absolute Gasteiger partial charge is 0.507 e. The van der Waals surface area contributed by atoms with Gasteiger partial charge in [0.25, 0.3) is 11.2 Å². The van der Waals surface area contributed by atoms with Crippen LogP contribution in [0.15, 0.2) is 82.1 Å². The third kappa shape index (κ3) is 3.57. The molecule has 0 spiro atoms. The van der Waals surface area contributed by atoms with Gasteiger partial charge in [0.1, 0.15) is 5.75 Å². The lowest BCUT2D eigenvalue weighted by atomic mass is 9.83. The molecule has 1 atom stereocenters. The van der Waals surface area contributed by atoms with Crippen LogP contribution in [0.25, 0.3) is 11.8 Å². The molecule has 7 nitrogen and oxygen atoms in total. The summed E-state index contributed by atoms with van der Waals surface area (Å²) in [7, 11) is 0. The summed E-state index contributed by atoms with van der Waals surface area (Å²) < 4.78 is 1.97. The molecule has 1 aliphatic carbocycles. The number of nitro groups is 1. The molecule has 1 aliphatic heterocycles. The Kier molecular flexibility index (Phi) is 5.35. The first-order valence-corrected chi connectivity index (χ1v) is 12.5. The molecule has 0 unspecified atom stereocenters. The Bertz CT molecular complexity index is 1790. The summed E-state index contributed by atoms with van der Waals surface area (Å²) >= 11 is 7.83. The van der Waals surface area contributed by atoms with Crippen molar-refractivity contribution in [3.05, 3.63) is 129 Å². The lowest BCUT2D eigenvalue weighted by Crippen LogP contribution is -2.38. The minimum Gasteiger partial charge on any atom is -0.507 e. The van der Waals surface area contributed by atoms with Crippen molar-refractivity contribution in [1.82, 2.24) is 4.57 Å². The highest BCUT2D eigenvalue weighted by Crippen LogP contribution is 2.42. The number of non-ortho nitro benzene ring substituents is 1. The molecule has 1 aromatic heterocycles. The summed E-state index contributed by atoms with van der Waals surface area (Å²) in [6, 6.07) is 18.9. The van der Waals surface area contributed by atoms with E-state index in [1.54, 1.807) is 4.57 Å². The van der Waals surface area contributed by atoms with Crippen LogP contribution in [-0.4, -0.2) is 14.6 Å². The highest BCUT2D eigenvalue weighted by molar-refractivity contribution is 7.07. The molecule has 2 aliphatic rings. The first-order chi connectivity index (χ1) is 17.4. The summed E-state index contributed by atoms with van der Waals surface area (Å²) in [6.45, 7) is 0. The molecule has 0 bridgehead atoms. The Labute approximate surface area is 213 Å². The number of allylic oxidation sites excluding steroid dienone is 1. The van der Waals surface area contributed by atoms with Crippen molar-refractivity contribution in [2.24, 2.45) is 4.99 Å². The van der Waals surface area contributed by atoms with Gasteiger partial charge in [0.2, 0.25) is 0 Å². The maximum absolute atomic E-state index is 13.8. The van der Waals surface area contributed by atoms with Gasteiger partial charge in [-0.15, -0.1) is 0 Å². The normalized spacial score (nSPS) is 16.7. The van der Waals surface area contributed by atoms with Crippen molar-refractivity contribution in [2.75, 3.05) is 0 Å². The van der Waals surface area contributed by atoms with E-state index in [0.717, 1.165) is 35.2 Å². The number of hydrogen-bond acceptors (Lipinski definition) is 6. The van der Waals surface area contributed by atoms with Gasteiger partial charge in [-0.05, 0) is 47.8 Å². The Morgan fingerprint density at radius 3 is 2.69 bits per heavy atom. The Morgan fingerprint density at radius 1 is 1.11 bits per heavy atom. The summed E-state index contributed by atoms with van der Waals surface area (Å²) in [5.41, 5.74) is 4.67. The second-order valence-corrected chi connectivity index (χ2v) is 10.1. The molecule has 2 heterocycles. The second-order valence-electron chi connectivity index (χ2n) is 8.64. The standard InChI is InChI=1S/C27H18ClN3O4S/c28-21-8-4-3-7-19(21)25-20-11-9-15-5-1-2-6-18(15)24(20)29-27-30(25)26(33)23(36-27)14-16-13-17(31(34)35)10-12-22(16)32/h1-8,10,12-14,25,32H,9,11H2/b23-14+/t25-/m0/s1. The van der Waals surface area contributed by atoms with Gasteiger partial charge in [-0.25, -0.2) is 4.99 Å². The molecule has 36 heavy (non-hydrogen) atoms. The maximum atomic E-state index is 13.8. The van der Waals surface area contributed by atoms with Gasteiger partial charge in [-0.2, -0.15) is 0 Å². The van der Waals surface area contributed by atoms with E-state index < -0.39 is 11.0 Å². The minimum atomic E-state index is -0.540. The average molecular weight is 516 g/mol. The van der Waals surface area contributed by atoms with Crippen LogP contribution in [0.4, 0.5) is 5.69 Å². The number of aromatic hydroxyl groups is 1. The molecule has 6 rings (SSSR count). The van der Waals surface area contributed by atoms with Gasteiger partial charge in [-0.1, -0.05) is 65.4 Å². The van der Waals surface area contributed by atoms with Crippen LogP contribution in [0, 0.1) is 10.1 Å². The minimum absolute atomic E-state index is 0.151. The predicted molar refractivity (Wildman–Crippen MR) is 139 cm³/mol. The Morgan fingerprint density at radius 2 is 1.89 bits per heavy atom. The summed E-state index contributed by atoms with van der Waals surface area (Å²) in [4.78, 5) is 29.9. The van der Waals surface area contributed by atoms with Crippen LogP contribution >= 0.6 is 22.9 Å². The number of fused-ring (bicyclic) bond motifs is 3. The van der Waals surface area contributed by atoms with Crippen molar-refractivity contribution >= 4 is 40.4 Å². The van der Waals surface area contributed by atoms with Crippen molar-refractivity contribution in [1.29, 1.82) is 0 Å². The summed E-state index contributed by atoms with van der Waals surface area (Å²) in [6.07, 6.45) is 3.05. The topological polar surface area (TPSA) is 97.7 Å². The number of rotatable bonds is 3. The van der Waals surface area contributed by atoms with E-state index in [1.807, 2.05) is 42.5 Å². The fraction of sp³-hybridized carbons (Fsp3) is 0.111. The molecule has 3 aromatic carbocycles. The Balaban J connectivity index is 1.63. The number of thiazole rings is 1. The van der Waals surface area contributed by atoms with E-state index in [9.17, 15) is 20.0 Å².